The summed E-state index contributed by atoms with van der Waals surface area (Å²) in [5.74, 6) is 0. The van der Waals surface area contributed by atoms with E-state index in [-0.39, 0.29) is 0 Å². The summed E-state index contributed by atoms with van der Waals surface area (Å²) >= 11 is 0. The van der Waals surface area contributed by atoms with Crippen molar-refractivity contribution in [3.05, 3.63) is 255 Å². The lowest BCUT2D eigenvalue weighted by molar-refractivity contribution is 1.13. The minimum absolute atomic E-state index is 1.13. The van der Waals surface area contributed by atoms with Crippen LogP contribution in [0.3, 0.4) is 0 Å². The second-order valence-corrected chi connectivity index (χ2v) is 20.2. The van der Waals surface area contributed by atoms with Gasteiger partial charge in [0.1, 0.15) is 0 Å². The van der Waals surface area contributed by atoms with E-state index in [1.807, 2.05) is 0 Å². The van der Waals surface area contributed by atoms with Gasteiger partial charge in [0, 0.05) is 27.2 Å². The standard InChI is InChI=1S/C60H42N2Si/c1-5-20-43(21-6-1)44-38-40-45(41-39-44)46-22-17-23-47(42-46)61-55-34-15-13-30-51(55)53-32-18-36-57(59(53)61)62-56-35-16-14-31-52(56)54-33-19-37-58(60(54)62)63(48-24-7-2-8-25-48,49-26-9-3-10-27-49)50-28-11-4-12-29-50/h1-42H. The molecular weight excluding hydrogens is 777 g/mol. The Kier molecular flexibility index (Phi) is 8.87. The van der Waals surface area contributed by atoms with Crippen LogP contribution in [0.15, 0.2) is 255 Å². The Balaban J connectivity index is 1.17. The summed E-state index contributed by atoms with van der Waals surface area (Å²) in [5.41, 5.74) is 11.9. The van der Waals surface area contributed by atoms with Crippen molar-refractivity contribution in [3.8, 4) is 33.6 Å². The third-order valence-corrected chi connectivity index (χ3v) is 17.9. The second kappa shape index (κ2) is 15.2. The van der Waals surface area contributed by atoms with Crippen LogP contribution in [-0.2, 0) is 0 Å². The van der Waals surface area contributed by atoms with Gasteiger partial charge in [0.2, 0.25) is 0 Å². The molecule has 2 heterocycles. The summed E-state index contributed by atoms with van der Waals surface area (Å²) in [6.07, 6.45) is 0. The molecule has 0 bridgehead atoms. The van der Waals surface area contributed by atoms with Crippen molar-refractivity contribution in [2.75, 3.05) is 0 Å². The van der Waals surface area contributed by atoms with Gasteiger partial charge in [-0.3, -0.25) is 0 Å². The molecule has 2 nitrogen and oxygen atoms in total. The SMILES string of the molecule is c1ccc(-c2ccc(-c3cccc(-n4c5ccccc5c5cccc(-n6c7ccccc7c7cccc([Si](c8ccccc8)(c8ccccc8)c8ccccc8)c76)c54)c3)cc2)cc1. The van der Waals surface area contributed by atoms with Gasteiger partial charge >= 0.3 is 0 Å². The van der Waals surface area contributed by atoms with Crippen molar-refractivity contribution in [3.63, 3.8) is 0 Å². The Labute approximate surface area is 368 Å². The zero-order chi connectivity index (χ0) is 41.7. The Hall–Kier alpha value is -7.98. The first-order valence-corrected chi connectivity index (χ1v) is 23.8. The van der Waals surface area contributed by atoms with E-state index in [9.17, 15) is 0 Å². The van der Waals surface area contributed by atoms with Crippen LogP contribution in [0.1, 0.15) is 0 Å². The fourth-order valence-corrected chi connectivity index (χ4v) is 15.3. The minimum Gasteiger partial charge on any atom is -0.307 e. The molecular formula is C60H42N2Si. The average molecular weight is 819 g/mol. The fraction of sp³-hybridized carbons (Fsp3) is 0. The lowest BCUT2D eigenvalue weighted by Crippen LogP contribution is -2.75. The number of benzene rings is 10. The highest BCUT2D eigenvalue weighted by atomic mass is 28.3. The van der Waals surface area contributed by atoms with Crippen LogP contribution in [0.4, 0.5) is 0 Å². The first-order chi connectivity index (χ1) is 31.3. The van der Waals surface area contributed by atoms with E-state index in [1.165, 1.54) is 86.6 Å². The highest BCUT2D eigenvalue weighted by Gasteiger charge is 2.43. The first-order valence-electron chi connectivity index (χ1n) is 21.8. The van der Waals surface area contributed by atoms with Crippen LogP contribution in [0.25, 0.3) is 77.2 Å². The number of rotatable bonds is 8. The Morgan fingerprint density at radius 3 is 1.27 bits per heavy atom. The van der Waals surface area contributed by atoms with Crippen LogP contribution in [0, 0.1) is 0 Å². The molecule has 0 saturated carbocycles. The van der Waals surface area contributed by atoms with E-state index in [0.29, 0.717) is 0 Å². The molecule has 0 radical (unpaired) electrons. The number of hydrogen-bond donors (Lipinski definition) is 0. The lowest BCUT2D eigenvalue weighted by Gasteiger charge is -2.35. The van der Waals surface area contributed by atoms with Gasteiger partial charge in [-0.25, -0.2) is 0 Å². The van der Waals surface area contributed by atoms with Gasteiger partial charge in [-0.1, -0.05) is 224 Å². The molecule has 0 unspecified atom stereocenters. The minimum atomic E-state index is -2.97. The summed E-state index contributed by atoms with van der Waals surface area (Å²) in [7, 11) is -2.97. The molecule has 0 aliphatic carbocycles. The van der Waals surface area contributed by atoms with Crippen LogP contribution < -0.4 is 20.7 Å². The maximum atomic E-state index is 2.60. The predicted molar refractivity (Wildman–Crippen MR) is 270 cm³/mol. The van der Waals surface area contributed by atoms with Crippen molar-refractivity contribution in [1.82, 2.24) is 9.13 Å². The summed E-state index contributed by atoms with van der Waals surface area (Å²) in [5, 5.41) is 10.4. The Bertz CT molecular complexity index is 3490. The topological polar surface area (TPSA) is 9.86 Å². The zero-order valence-electron chi connectivity index (χ0n) is 34.6. The molecule has 0 fully saturated rings. The van der Waals surface area contributed by atoms with Crippen LogP contribution in [0.2, 0.25) is 0 Å². The van der Waals surface area contributed by atoms with Gasteiger partial charge in [-0.05, 0) is 73.3 Å². The quantitative estimate of drug-likeness (QED) is 0.107. The molecule has 2 aromatic heterocycles. The lowest BCUT2D eigenvalue weighted by atomic mass is 10.00. The van der Waals surface area contributed by atoms with Crippen molar-refractivity contribution >= 4 is 72.4 Å². The van der Waals surface area contributed by atoms with Crippen LogP contribution in [-0.4, -0.2) is 17.2 Å². The van der Waals surface area contributed by atoms with Gasteiger partial charge in [-0.2, -0.15) is 0 Å². The molecule has 0 aliphatic heterocycles. The largest absolute Gasteiger partial charge is 0.307 e. The van der Waals surface area contributed by atoms with Gasteiger partial charge in [0.25, 0.3) is 0 Å². The summed E-state index contributed by atoms with van der Waals surface area (Å²) in [6.45, 7) is 0. The second-order valence-electron chi connectivity index (χ2n) is 16.4. The van der Waals surface area contributed by atoms with E-state index >= 15 is 0 Å². The van der Waals surface area contributed by atoms with Crippen molar-refractivity contribution < 1.29 is 0 Å². The number of aromatic nitrogens is 2. The van der Waals surface area contributed by atoms with E-state index in [2.05, 4.69) is 264 Å². The summed E-state index contributed by atoms with van der Waals surface area (Å²) in [4.78, 5) is 0. The maximum Gasteiger partial charge on any atom is 0.181 e. The number of fused-ring (bicyclic) bond motifs is 6. The molecule has 12 rings (SSSR count). The van der Waals surface area contributed by atoms with Crippen LogP contribution >= 0.6 is 0 Å². The van der Waals surface area contributed by atoms with Gasteiger partial charge < -0.3 is 9.13 Å². The van der Waals surface area contributed by atoms with Gasteiger partial charge in [0.15, 0.2) is 8.07 Å². The highest BCUT2D eigenvalue weighted by molar-refractivity contribution is 7.20. The third kappa shape index (κ3) is 5.85. The molecule has 0 saturated heterocycles. The van der Waals surface area contributed by atoms with E-state index in [0.717, 1.165) is 11.4 Å². The average Bonchev–Trinajstić information content (AvgIpc) is 3.89. The van der Waals surface area contributed by atoms with E-state index in [4.69, 9.17) is 0 Å². The molecule has 12 aromatic rings. The molecule has 63 heavy (non-hydrogen) atoms. The molecule has 0 aliphatic rings. The Morgan fingerprint density at radius 1 is 0.270 bits per heavy atom. The van der Waals surface area contributed by atoms with Crippen LogP contribution in [0.5, 0.6) is 0 Å². The molecule has 0 spiro atoms. The van der Waals surface area contributed by atoms with Gasteiger partial charge in [-0.15, -0.1) is 0 Å². The van der Waals surface area contributed by atoms with Crippen molar-refractivity contribution in [1.29, 1.82) is 0 Å². The van der Waals surface area contributed by atoms with Gasteiger partial charge in [0.05, 0.1) is 27.8 Å². The smallest absolute Gasteiger partial charge is 0.181 e. The molecule has 3 heteroatoms. The number of para-hydroxylation sites is 4. The van der Waals surface area contributed by atoms with E-state index in [1.54, 1.807) is 0 Å². The van der Waals surface area contributed by atoms with Crippen molar-refractivity contribution in [2.24, 2.45) is 0 Å². The monoisotopic (exact) mass is 818 g/mol. The number of nitrogens with zero attached hydrogens (tertiary/aromatic N) is 2. The fourth-order valence-electron chi connectivity index (χ4n) is 10.4. The summed E-state index contributed by atoms with van der Waals surface area (Å²) in [6, 6.07) is 94.3. The molecule has 0 N–H and O–H groups in total. The normalized spacial score (nSPS) is 11.8. The first kappa shape index (κ1) is 36.8. The third-order valence-electron chi connectivity index (χ3n) is 13.1. The Morgan fingerprint density at radius 2 is 0.683 bits per heavy atom. The molecule has 10 aromatic carbocycles. The molecule has 0 atom stereocenters. The highest BCUT2D eigenvalue weighted by Crippen LogP contribution is 2.40. The zero-order valence-corrected chi connectivity index (χ0v) is 35.6. The summed E-state index contributed by atoms with van der Waals surface area (Å²) < 4.78 is 5.10. The van der Waals surface area contributed by atoms with E-state index < -0.39 is 8.07 Å². The van der Waals surface area contributed by atoms with Crippen molar-refractivity contribution in [2.45, 2.75) is 0 Å². The predicted octanol–water partition coefficient (Wildman–Crippen LogP) is 12.6. The maximum absolute atomic E-state index is 2.97. The molecule has 0 amide bonds. The molecule has 296 valence electrons. The number of hydrogen-bond acceptors (Lipinski definition) is 0.